The number of nitrogens with zero attached hydrogens (tertiary/aromatic N) is 1. The van der Waals surface area contributed by atoms with E-state index in [0.29, 0.717) is 17.7 Å². The van der Waals surface area contributed by atoms with Crippen molar-refractivity contribution in [1.82, 2.24) is 4.90 Å². The molecule has 0 aromatic rings. The summed E-state index contributed by atoms with van der Waals surface area (Å²) in [6.45, 7) is 9.40. The number of piperidine rings is 1. The lowest BCUT2D eigenvalue weighted by molar-refractivity contribution is -0.132. The van der Waals surface area contributed by atoms with Crippen molar-refractivity contribution < 1.29 is 4.79 Å². The van der Waals surface area contributed by atoms with Gasteiger partial charge in [-0.3, -0.25) is 4.79 Å². The maximum atomic E-state index is 12.2. The van der Waals surface area contributed by atoms with Gasteiger partial charge in [-0.2, -0.15) is 0 Å². The molecule has 88 valence electrons. The molecule has 0 unspecified atom stereocenters. The highest BCUT2D eigenvalue weighted by molar-refractivity contribution is 5.86. The normalized spacial score (nSPS) is 29.1. The molecule has 0 saturated carbocycles. The maximum absolute atomic E-state index is 12.2. The van der Waals surface area contributed by atoms with Crippen molar-refractivity contribution in [2.45, 2.75) is 53.0 Å². The Bertz CT molecular complexity index is 229. The Hall–Kier alpha value is -0.370. The Labute approximate surface area is 94.0 Å². The van der Waals surface area contributed by atoms with E-state index in [9.17, 15) is 4.79 Å². The summed E-state index contributed by atoms with van der Waals surface area (Å²) >= 11 is 0. The van der Waals surface area contributed by atoms with E-state index in [4.69, 9.17) is 0 Å². The Morgan fingerprint density at radius 2 is 2.00 bits per heavy atom. The lowest BCUT2D eigenvalue weighted by atomic mass is 9.77. The van der Waals surface area contributed by atoms with E-state index in [1.807, 2.05) is 20.8 Å². The topological polar surface area (TPSA) is 20.3 Å². The molecule has 1 heterocycles. The molecule has 1 aliphatic rings. The van der Waals surface area contributed by atoms with Gasteiger partial charge >= 0.3 is 0 Å². The number of Topliss-reactive ketones (excluding diaryl/α,β-unsaturated/α-hetero) is 1. The zero-order valence-corrected chi connectivity index (χ0v) is 10.8. The quantitative estimate of drug-likeness (QED) is 0.700. The van der Waals surface area contributed by atoms with Crippen LogP contribution in [0.25, 0.3) is 0 Å². The van der Waals surface area contributed by atoms with Gasteiger partial charge in [0.05, 0.1) is 0 Å². The second-order valence-electron chi connectivity index (χ2n) is 5.88. The fourth-order valence-corrected chi connectivity index (χ4v) is 2.50. The van der Waals surface area contributed by atoms with Crippen molar-refractivity contribution in [3.63, 3.8) is 0 Å². The minimum absolute atomic E-state index is 0.168. The Morgan fingerprint density at radius 3 is 2.47 bits per heavy atom. The zero-order valence-electron chi connectivity index (χ0n) is 10.8. The van der Waals surface area contributed by atoms with E-state index in [2.05, 4.69) is 18.9 Å². The smallest absolute Gasteiger partial charge is 0.141 e. The lowest BCUT2D eigenvalue weighted by Gasteiger charge is -2.38. The Balaban J connectivity index is 2.62. The van der Waals surface area contributed by atoms with Crippen LogP contribution in [0, 0.1) is 11.3 Å². The first-order valence-corrected chi connectivity index (χ1v) is 6.10. The third-order valence-electron chi connectivity index (χ3n) is 3.59. The molecular formula is C13H25NO. The van der Waals surface area contributed by atoms with Crippen LogP contribution in [-0.4, -0.2) is 30.3 Å². The van der Waals surface area contributed by atoms with Crippen molar-refractivity contribution in [2.75, 3.05) is 13.6 Å². The second-order valence-corrected chi connectivity index (χ2v) is 5.88. The molecule has 15 heavy (non-hydrogen) atoms. The van der Waals surface area contributed by atoms with Gasteiger partial charge in [-0.15, -0.1) is 0 Å². The number of likely N-dealkylation sites (tertiary alicyclic amines) is 1. The SMILES string of the molecule is CC[C@H]1C[C@@H](C(=O)C(C)(C)C)CCN1C. The van der Waals surface area contributed by atoms with Crippen LogP contribution in [-0.2, 0) is 4.79 Å². The summed E-state index contributed by atoms with van der Waals surface area (Å²) in [7, 11) is 2.17. The molecule has 0 aromatic carbocycles. The van der Waals surface area contributed by atoms with Gasteiger partial charge in [-0.25, -0.2) is 0 Å². The fraction of sp³-hybridized carbons (Fsp3) is 0.923. The average Bonchev–Trinajstić information content (AvgIpc) is 2.16. The predicted octanol–water partition coefficient (Wildman–Crippen LogP) is 2.72. The first-order chi connectivity index (χ1) is 6.86. The van der Waals surface area contributed by atoms with Crippen LogP contribution in [0.5, 0.6) is 0 Å². The minimum atomic E-state index is -0.168. The van der Waals surface area contributed by atoms with Crippen LogP contribution in [0.15, 0.2) is 0 Å². The summed E-state index contributed by atoms with van der Waals surface area (Å²) in [5.41, 5.74) is -0.168. The lowest BCUT2D eigenvalue weighted by Crippen LogP contribution is -2.43. The van der Waals surface area contributed by atoms with Gasteiger partial charge in [-0.1, -0.05) is 27.7 Å². The molecule has 0 bridgehead atoms. The summed E-state index contributed by atoms with van der Waals surface area (Å²) < 4.78 is 0. The first-order valence-electron chi connectivity index (χ1n) is 6.10. The minimum Gasteiger partial charge on any atom is -0.303 e. The van der Waals surface area contributed by atoms with Crippen molar-refractivity contribution in [3.8, 4) is 0 Å². The molecule has 0 radical (unpaired) electrons. The highest BCUT2D eigenvalue weighted by Gasteiger charge is 2.34. The summed E-state index contributed by atoms with van der Waals surface area (Å²) in [6, 6.07) is 0.607. The van der Waals surface area contributed by atoms with E-state index >= 15 is 0 Å². The van der Waals surface area contributed by atoms with Gasteiger partial charge in [0.1, 0.15) is 5.78 Å². The van der Waals surface area contributed by atoms with Crippen LogP contribution in [0.2, 0.25) is 0 Å². The van der Waals surface area contributed by atoms with Crippen LogP contribution in [0.4, 0.5) is 0 Å². The fourth-order valence-electron chi connectivity index (χ4n) is 2.50. The summed E-state index contributed by atoms with van der Waals surface area (Å²) in [5, 5.41) is 0. The number of rotatable bonds is 2. The van der Waals surface area contributed by atoms with Crippen molar-refractivity contribution in [1.29, 1.82) is 0 Å². The molecule has 0 amide bonds. The molecule has 0 aliphatic carbocycles. The molecule has 2 nitrogen and oxygen atoms in total. The van der Waals surface area contributed by atoms with Crippen LogP contribution < -0.4 is 0 Å². The number of hydrogen-bond donors (Lipinski definition) is 0. The highest BCUT2D eigenvalue weighted by Crippen LogP contribution is 2.30. The van der Waals surface area contributed by atoms with Gasteiger partial charge in [0, 0.05) is 17.4 Å². The third kappa shape index (κ3) is 3.04. The molecule has 1 saturated heterocycles. The van der Waals surface area contributed by atoms with Crippen molar-refractivity contribution >= 4 is 5.78 Å². The molecule has 1 rings (SSSR count). The molecule has 1 aliphatic heterocycles. The molecule has 0 aromatic heterocycles. The van der Waals surface area contributed by atoms with Crippen LogP contribution in [0.3, 0.4) is 0 Å². The molecule has 1 fully saturated rings. The maximum Gasteiger partial charge on any atom is 0.141 e. The van der Waals surface area contributed by atoms with E-state index in [1.54, 1.807) is 0 Å². The standard InChI is InChI=1S/C13H25NO/c1-6-11-9-10(7-8-14(11)5)12(15)13(2,3)4/h10-11H,6-9H2,1-5H3/t10-,11-/m0/s1. The summed E-state index contributed by atoms with van der Waals surface area (Å²) in [6.07, 6.45) is 3.26. The summed E-state index contributed by atoms with van der Waals surface area (Å²) in [5.74, 6) is 0.750. The highest BCUT2D eigenvalue weighted by atomic mass is 16.1. The molecule has 2 atom stereocenters. The summed E-state index contributed by atoms with van der Waals surface area (Å²) in [4.78, 5) is 14.6. The molecular weight excluding hydrogens is 186 g/mol. The molecule has 2 heteroatoms. The third-order valence-corrected chi connectivity index (χ3v) is 3.59. The Morgan fingerprint density at radius 1 is 1.40 bits per heavy atom. The molecule has 0 spiro atoms. The van der Waals surface area contributed by atoms with E-state index in [1.165, 1.54) is 0 Å². The Kier molecular flexibility index (Phi) is 3.93. The number of carbonyl (C=O) groups excluding carboxylic acids is 1. The number of hydrogen-bond acceptors (Lipinski definition) is 2. The van der Waals surface area contributed by atoms with Gasteiger partial charge in [0.2, 0.25) is 0 Å². The monoisotopic (exact) mass is 211 g/mol. The van der Waals surface area contributed by atoms with E-state index < -0.39 is 0 Å². The first kappa shape index (κ1) is 12.7. The predicted molar refractivity (Wildman–Crippen MR) is 63.9 cm³/mol. The molecule has 0 N–H and O–H groups in total. The van der Waals surface area contributed by atoms with Gasteiger partial charge in [0.15, 0.2) is 0 Å². The average molecular weight is 211 g/mol. The van der Waals surface area contributed by atoms with Crippen LogP contribution in [0.1, 0.15) is 47.0 Å². The van der Waals surface area contributed by atoms with Gasteiger partial charge < -0.3 is 4.90 Å². The zero-order chi connectivity index (χ0) is 11.6. The van der Waals surface area contributed by atoms with Gasteiger partial charge in [0.25, 0.3) is 0 Å². The second kappa shape index (κ2) is 4.65. The number of carbonyl (C=O) groups is 1. The van der Waals surface area contributed by atoms with Gasteiger partial charge in [-0.05, 0) is 32.9 Å². The van der Waals surface area contributed by atoms with Crippen LogP contribution >= 0.6 is 0 Å². The largest absolute Gasteiger partial charge is 0.303 e. The van der Waals surface area contributed by atoms with E-state index in [-0.39, 0.29) is 5.41 Å². The van der Waals surface area contributed by atoms with E-state index in [0.717, 1.165) is 25.8 Å². The number of ketones is 1. The van der Waals surface area contributed by atoms with Crippen molar-refractivity contribution in [2.24, 2.45) is 11.3 Å². The van der Waals surface area contributed by atoms with Crippen molar-refractivity contribution in [3.05, 3.63) is 0 Å².